The molecule has 2 atom stereocenters. The van der Waals surface area contributed by atoms with Crippen LogP contribution < -0.4 is 21.5 Å². The zero-order valence-corrected chi connectivity index (χ0v) is 25.1. The number of fused-ring (bicyclic) bond motifs is 10. The van der Waals surface area contributed by atoms with Crippen molar-refractivity contribution in [2.24, 2.45) is 0 Å². The summed E-state index contributed by atoms with van der Waals surface area (Å²) in [5.41, 5.74) is 5.04. The van der Waals surface area contributed by atoms with E-state index in [-0.39, 0.29) is 42.9 Å². The average molecular weight is 601 g/mol. The summed E-state index contributed by atoms with van der Waals surface area (Å²) in [5, 5.41) is 9.45. The fourth-order valence-electron chi connectivity index (χ4n) is 5.27. The summed E-state index contributed by atoms with van der Waals surface area (Å²) in [4.78, 5) is 60.5. The number of amides is 3. The van der Waals surface area contributed by atoms with Crippen LogP contribution >= 0.6 is 0 Å². The molecule has 12 heteroatoms. The Morgan fingerprint density at radius 1 is 1.02 bits per heavy atom. The predicted molar refractivity (Wildman–Crippen MR) is 165 cm³/mol. The van der Waals surface area contributed by atoms with Gasteiger partial charge in [0.1, 0.15) is 12.6 Å². The summed E-state index contributed by atoms with van der Waals surface area (Å²) < 4.78 is 12.5. The van der Waals surface area contributed by atoms with E-state index in [0.29, 0.717) is 38.3 Å². The monoisotopic (exact) mass is 600 g/mol. The summed E-state index contributed by atoms with van der Waals surface area (Å²) in [6.45, 7) is 5.33. The summed E-state index contributed by atoms with van der Waals surface area (Å²) in [6, 6.07) is 13.0. The van der Waals surface area contributed by atoms with E-state index < -0.39 is 16.8 Å². The van der Waals surface area contributed by atoms with Crippen molar-refractivity contribution >= 4 is 50.8 Å². The smallest absolute Gasteiger partial charge is 0.258 e. The number of hydrogen-bond acceptors (Lipinski definition) is 7. The van der Waals surface area contributed by atoms with Gasteiger partial charge in [0.25, 0.3) is 5.56 Å². The van der Waals surface area contributed by atoms with Gasteiger partial charge in [0.15, 0.2) is 0 Å². The minimum absolute atomic E-state index is 0.0482. The van der Waals surface area contributed by atoms with E-state index in [2.05, 4.69) is 25.9 Å². The number of aromatic amines is 1. The van der Waals surface area contributed by atoms with Crippen molar-refractivity contribution in [2.45, 2.75) is 44.8 Å². The van der Waals surface area contributed by atoms with E-state index in [9.17, 15) is 23.4 Å². The summed E-state index contributed by atoms with van der Waals surface area (Å²) in [7, 11) is -1.35. The summed E-state index contributed by atoms with van der Waals surface area (Å²) >= 11 is 0. The van der Waals surface area contributed by atoms with E-state index in [1.807, 2.05) is 26.0 Å². The van der Waals surface area contributed by atoms with Gasteiger partial charge in [-0.2, -0.15) is 0 Å². The number of nitrogens with one attached hydrogen (secondary N) is 4. The number of carbonyl (C=O) groups excluding carboxylic acids is 3. The molecule has 4 bridgehead atoms. The maximum Gasteiger partial charge on any atom is 0.258 e. The average Bonchev–Trinajstić information content (AvgIpc) is 2.95. The zero-order chi connectivity index (χ0) is 30.8. The molecule has 43 heavy (non-hydrogen) atoms. The second kappa shape index (κ2) is 12.2. The van der Waals surface area contributed by atoms with Crippen molar-refractivity contribution < 1.29 is 18.6 Å². The van der Waals surface area contributed by atoms with Crippen LogP contribution in [0.5, 0.6) is 0 Å². The molecule has 6 rings (SSSR count). The van der Waals surface area contributed by atoms with Crippen molar-refractivity contribution in [1.29, 1.82) is 0 Å². The molecule has 4 N–H and O–H groups in total. The molecule has 3 heterocycles. The van der Waals surface area contributed by atoms with Crippen LogP contribution in [0.25, 0.3) is 10.9 Å². The van der Waals surface area contributed by atoms with Gasteiger partial charge in [-0.3, -0.25) is 23.4 Å². The van der Waals surface area contributed by atoms with Gasteiger partial charge in [-0.15, -0.1) is 0 Å². The quantitative estimate of drug-likeness (QED) is 0.282. The fourth-order valence-corrected chi connectivity index (χ4v) is 6.03. The molecule has 2 aliphatic heterocycles. The van der Waals surface area contributed by atoms with Crippen LogP contribution in [-0.4, -0.2) is 49.6 Å². The number of benzene rings is 3. The van der Waals surface area contributed by atoms with Gasteiger partial charge in [0, 0.05) is 42.5 Å². The van der Waals surface area contributed by atoms with E-state index in [1.54, 1.807) is 42.7 Å². The lowest BCUT2D eigenvalue weighted by molar-refractivity contribution is -0.133. The Hall–Kier alpha value is -4.84. The van der Waals surface area contributed by atoms with Crippen LogP contribution in [0.1, 0.15) is 40.8 Å². The maximum atomic E-state index is 13.9. The van der Waals surface area contributed by atoms with Crippen molar-refractivity contribution in [2.75, 3.05) is 23.4 Å². The van der Waals surface area contributed by atoms with Gasteiger partial charge >= 0.3 is 0 Å². The largest absolute Gasteiger partial charge is 0.370 e. The van der Waals surface area contributed by atoms with Gasteiger partial charge in [0.2, 0.25) is 17.7 Å². The molecule has 0 spiro atoms. The normalized spacial score (nSPS) is 16.5. The highest BCUT2D eigenvalue weighted by molar-refractivity contribution is 7.84. The molecule has 11 nitrogen and oxygen atoms in total. The standard InChI is InChI=1S/C31H32N6O5S/c1-17-9-20-10-18(2)25(17)14-37(19(3)38)15-28(39)35-22-6-8-27(43(4)42)21(11-22)13-32-31(41)29(20)36-23-5-7-26-24(12-23)30(40)34-16-33-26/h5-12,16,29,36H,13-15H2,1-4H3,(H,32,41)(H,35,39)(H,33,34,40). The molecule has 1 aromatic heterocycles. The minimum atomic E-state index is -1.35. The van der Waals surface area contributed by atoms with E-state index >= 15 is 0 Å². The molecule has 4 aromatic rings. The van der Waals surface area contributed by atoms with Crippen molar-refractivity contribution in [3.63, 3.8) is 0 Å². The Bertz CT molecular complexity index is 1830. The fraction of sp³-hybridized carbons (Fsp3) is 0.258. The lowest BCUT2D eigenvalue weighted by Crippen LogP contribution is -2.37. The Kier molecular flexibility index (Phi) is 8.40. The number of nitrogens with zero attached hydrogens (tertiary/aromatic N) is 2. The minimum Gasteiger partial charge on any atom is -0.370 e. The van der Waals surface area contributed by atoms with E-state index in [1.165, 1.54) is 18.2 Å². The molecule has 0 fully saturated rings. The predicted octanol–water partition coefficient (Wildman–Crippen LogP) is 3.05. The molecular formula is C31H32N6O5S. The molecule has 0 saturated heterocycles. The Balaban J connectivity index is 1.61. The van der Waals surface area contributed by atoms with Crippen LogP contribution in [-0.2, 0) is 38.3 Å². The first-order chi connectivity index (χ1) is 20.5. The van der Waals surface area contributed by atoms with Gasteiger partial charge in [0.05, 0.1) is 28.0 Å². The molecule has 2 unspecified atom stereocenters. The van der Waals surface area contributed by atoms with E-state index in [4.69, 9.17) is 0 Å². The van der Waals surface area contributed by atoms with Gasteiger partial charge in [-0.05, 0) is 78.1 Å². The van der Waals surface area contributed by atoms with Crippen molar-refractivity contribution in [3.8, 4) is 0 Å². The molecule has 0 aliphatic carbocycles. The number of aromatic nitrogens is 2. The third kappa shape index (κ3) is 6.49. The second-order valence-electron chi connectivity index (χ2n) is 10.6. The van der Waals surface area contributed by atoms with Crippen LogP contribution in [0.3, 0.4) is 0 Å². The molecule has 0 saturated carbocycles. The molecule has 222 valence electrons. The van der Waals surface area contributed by atoms with Gasteiger partial charge in [-0.25, -0.2) is 4.98 Å². The van der Waals surface area contributed by atoms with Crippen LogP contribution in [0, 0.1) is 13.8 Å². The number of carbonyl (C=O) groups is 3. The van der Waals surface area contributed by atoms with Gasteiger partial charge in [-0.1, -0.05) is 12.1 Å². The van der Waals surface area contributed by atoms with Gasteiger partial charge < -0.3 is 25.8 Å². The van der Waals surface area contributed by atoms with Crippen molar-refractivity contribution in [1.82, 2.24) is 20.2 Å². The second-order valence-corrected chi connectivity index (χ2v) is 11.9. The van der Waals surface area contributed by atoms with Crippen LogP contribution in [0.4, 0.5) is 11.4 Å². The first kappa shape index (κ1) is 29.6. The molecule has 2 aliphatic rings. The van der Waals surface area contributed by atoms with Crippen LogP contribution in [0.15, 0.2) is 64.5 Å². The highest BCUT2D eigenvalue weighted by Gasteiger charge is 2.25. The first-order valence-electron chi connectivity index (χ1n) is 13.6. The summed E-state index contributed by atoms with van der Waals surface area (Å²) in [6.07, 6.45) is 2.88. The van der Waals surface area contributed by atoms with Crippen LogP contribution in [0.2, 0.25) is 0 Å². The molecule has 3 aromatic carbocycles. The SMILES string of the molecule is CC(=O)N1CC(=O)Nc2ccc(S(C)=O)c(c2)CNC(=O)C(Nc2ccc3nc[nH]c(=O)c3c2)c2cc(C)c(c(C)c2)C1. The Morgan fingerprint density at radius 2 is 1.77 bits per heavy atom. The molecule has 0 radical (unpaired) electrons. The number of hydrogen-bond donors (Lipinski definition) is 4. The topological polar surface area (TPSA) is 153 Å². The summed E-state index contributed by atoms with van der Waals surface area (Å²) in [5.74, 6) is -0.981. The molecule has 3 amide bonds. The third-order valence-electron chi connectivity index (χ3n) is 7.50. The maximum absolute atomic E-state index is 13.9. The lowest BCUT2D eigenvalue weighted by atomic mass is 9.94. The number of anilines is 2. The number of H-pyrrole nitrogens is 1. The van der Waals surface area contributed by atoms with E-state index in [0.717, 1.165) is 16.7 Å². The molecular weight excluding hydrogens is 568 g/mol. The Labute approximate surface area is 250 Å². The zero-order valence-electron chi connectivity index (χ0n) is 24.2. The lowest BCUT2D eigenvalue weighted by Gasteiger charge is -2.26. The highest BCUT2D eigenvalue weighted by Crippen LogP contribution is 2.28. The third-order valence-corrected chi connectivity index (χ3v) is 8.52. The van der Waals surface area contributed by atoms with Crippen molar-refractivity contribution in [3.05, 3.63) is 93.0 Å². The number of rotatable bonds is 3. The number of aryl methyl sites for hydroxylation is 2. The highest BCUT2D eigenvalue weighted by atomic mass is 32.2. The first-order valence-corrected chi connectivity index (χ1v) is 15.2. The Morgan fingerprint density at radius 3 is 2.47 bits per heavy atom.